The molecule has 0 radical (unpaired) electrons. The van der Waals surface area contributed by atoms with Crippen LogP contribution in [0.3, 0.4) is 0 Å². The van der Waals surface area contributed by atoms with E-state index < -0.39 is 5.97 Å². The highest BCUT2D eigenvalue weighted by molar-refractivity contribution is 5.94. The van der Waals surface area contributed by atoms with Crippen molar-refractivity contribution in [2.75, 3.05) is 7.11 Å². The second-order valence-electron chi connectivity index (χ2n) is 3.89. The lowest BCUT2D eigenvalue weighted by Gasteiger charge is -2.03. The number of hydrogen-bond acceptors (Lipinski definition) is 3. The third kappa shape index (κ3) is 2.68. The lowest BCUT2D eigenvalue weighted by atomic mass is 10.2. The number of fused-ring (bicyclic) bond motifs is 1. The molecule has 0 fully saturated rings. The number of hydrogen-bond donors (Lipinski definition) is 2. The third-order valence-corrected chi connectivity index (χ3v) is 2.68. The van der Waals surface area contributed by atoms with Crippen molar-refractivity contribution in [1.82, 2.24) is 10.3 Å². The molecule has 0 bridgehead atoms. The quantitative estimate of drug-likeness (QED) is 0.632. The molecule has 0 aliphatic carbocycles. The van der Waals surface area contributed by atoms with Crippen molar-refractivity contribution in [3.63, 3.8) is 0 Å². The molecule has 0 unspecified atom stereocenters. The molecule has 1 heterocycles. The zero-order valence-corrected chi connectivity index (χ0v) is 10.0. The average Bonchev–Trinajstić information content (AvgIpc) is 2.79. The van der Waals surface area contributed by atoms with E-state index in [1.165, 1.54) is 7.11 Å². The number of amides is 1. The Hall–Kier alpha value is -2.30. The van der Waals surface area contributed by atoms with Crippen LogP contribution in [-0.4, -0.2) is 24.0 Å². The van der Waals surface area contributed by atoms with E-state index >= 15 is 0 Å². The number of para-hydroxylation sites is 1. The molecule has 0 spiro atoms. The molecule has 0 aliphatic rings. The fourth-order valence-corrected chi connectivity index (χ4v) is 1.74. The minimum Gasteiger partial charge on any atom is -0.469 e. The highest BCUT2D eigenvalue weighted by atomic mass is 16.5. The average molecular weight is 246 g/mol. The molecule has 1 aromatic carbocycles. The molecule has 0 saturated heterocycles. The van der Waals surface area contributed by atoms with Crippen molar-refractivity contribution in [2.24, 2.45) is 0 Å². The van der Waals surface area contributed by atoms with Gasteiger partial charge in [0, 0.05) is 23.6 Å². The molecule has 1 aromatic heterocycles. The fourth-order valence-electron chi connectivity index (χ4n) is 1.74. The second-order valence-corrected chi connectivity index (χ2v) is 3.89. The fraction of sp³-hybridized carbons (Fsp3) is 0.231. The van der Waals surface area contributed by atoms with Crippen LogP contribution < -0.4 is 5.32 Å². The van der Waals surface area contributed by atoms with Gasteiger partial charge in [-0.1, -0.05) is 18.2 Å². The Bertz CT molecular complexity index is 574. The SMILES string of the molecule is COC(=O)CC(=O)NCc1c[nH]c2ccccc12. The molecular formula is C13H14N2O3. The predicted molar refractivity (Wildman–Crippen MR) is 66.8 cm³/mol. The van der Waals surface area contributed by atoms with Gasteiger partial charge in [-0.2, -0.15) is 0 Å². The Kier molecular flexibility index (Phi) is 3.62. The van der Waals surface area contributed by atoms with Crippen molar-refractivity contribution in [3.05, 3.63) is 36.0 Å². The first-order valence-electron chi connectivity index (χ1n) is 5.59. The van der Waals surface area contributed by atoms with E-state index in [1.807, 2.05) is 30.5 Å². The Morgan fingerprint density at radius 2 is 2.11 bits per heavy atom. The summed E-state index contributed by atoms with van der Waals surface area (Å²) in [6.45, 7) is 0.389. The number of H-pyrrole nitrogens is 1. The van der Waals surface area contributed by atoms with Gasteiger partial charge >= 0.3 is 5.97 Å². The number of ether oxygens (including phenoxy) is 1. The van der Waals surface area contributed by atoms with Crippen LogP contribution in [0.2, 0.25) is 0 Å². The van der Waals surface area contributed by atoms with Gasteiger partial charge in [0.15, 0.2) is 0 Å². The zero-order chi connectivity index (χ0) is 13.0. The molecule has 18 heavy (non-hydrogen) atoms. The van der Waals surface area contributed by atoms with Crippen molar-refractivity contribution < 1.29 is 14.3 Å². The first kappa shape index (κ1) is 12.2. The van der Waals surface area contributed by atoms with Crippen LogP contribution in [0.5, 0.6) is 0 Å². The van der Waals surface area contributed by atoms with E-state index in [-0.39, 0.29) is 12.3 Å². The number of aromatic nitrogens is 1. The van der Waals surface area contributed by atoms with Gasteiger partial charge in [-0.3, -0.25) is 9.59 Å². The highest BCUT2D eigenvalue weighted by Gasteiger charge is 2.10. The van der Waals surface area contributed by atoms with Gasteiger partial charge in [0.25, 0.3) is 0 Å². The maximum atomic E-state index is 11.4. The summed E-state index contributed by atoms with van der Waals surface area (Å²) in [5.74, 6) is -0.876. The van der Waals surface area contributed by atoms with Crippen LogP contribution in [0.4, 0.5) is 0 Å². The van der Waals surface area contributed by atoms with E-state index in [0.29, 0.717) is 6.54 Å². The van der Waals surface area contributed by atoms with Crippen LogP contribution >= 0.6 is 0 Å². The summed E-state index contributed by atoms with van der Waals surface area (Å²) in [5.41, 5.74) is 2.01. The summed E-state index contributed by atoms with van der Waals surface area (Å²) in [6.07, 6.45) is 1.60. The maximum absolute atomic E-state index is 11.4. The highest BCUT2D eigenvalue weighted by Crippen LogP contribution is 2.17. The Labute approximate surface area is 104 Å². The topological polar surface area (TPSA) is 71.2 Å². The minimum atomic E-state index is -0.536. The molecule has 0 atom stereocenters. The standard InChI is InChI=1S/C13H14N2O3/c1-18-13(17)6-12(16)15-8-9-7-14-11-5-3-2-4-10(9)11/h2-5,7,14H,6,8H2,1H3,(H,15,16). The molecule has 2 N–H and O–H groups in total. The molecule has 2 aromatic rings. The second kappa shape index (κ2) is 5.35. The van der Waals surface area contributed by atoms with E-state index in [1.54, 1.807) is 0 Å². The Balaban J connectivity index is 1.98. The van der Waals surface area contributed by atoms with Crippen molar-refractivity contribution in [2.45, 2.75) is 13.0 Å². The maximum Gasteiger partial charge on any atom is 0.315 e. The lowest BCUT2D eigenvalue weighted by Crippen LogP contribution is -2.25. The monoisotopic (exact) mass is 246 g/mol. The lowest BCUT2D eigenvalue weighted by molar-refractivity contribution is -0.143. The summed E-state index contributed by atoms with van der Waals surface area (Å²) < 4.78 is 4.42. The van der Waals surface area contributed by atoms with Crippen LogP contribution in [0.1, 0.15) is 12.0 Å². The third-order valence-electron chi connectivity index (χ3n) is 2.68. The summed E-state index contributed by atoms with van der Waals surface area (Å²) in [5, 5.41) is 3.75. The smallest absolute Gasteiger partial charge is 0.315 e. The Morgan fingerprint density at radius 1 is 1.33 bits per heavy atom. The van der Waals surface area contributed by atoms with Gasteiger partial charge < -0.3 is 15.0 Å². The van der Waals surface area contributed by atoms with Crippen LogP contribution in [0.25, 0.3) is 10.9 Å². The number of carbonyl (C=O) groups excluding carboxylic acids is 2. The summed E-state index contributed by atoms with van der Waals surface area (Å²) in [4.78, 5) is 25.4. The summed E-state index contributed by atoms with van der Waals surface area (Å²) in [6, 6.07) is 7.83. The van der Waals surface area contributed by atoms with Crippen molar-refractivity contribution in [1.29, 1.82) is 0 Å². The number of esters is 1. The van der Waals surface area contributed by atoms with Gasteiger partial charge in [0.1, 0.15) is 6.42 Å². The summed E-state index contributed by atoms with van der Waals surface area (Å²) >= 11 is 0. The van der Waals surface area contributed by atoms with Crippen molar-refractivity contribution >= 4 is 22.8 Å². The van der Waals surface area contributed by atoms with Gasteiger partial charge in [-0.05, 0) is 11.6 Å². The van der Waals surface area contributed by atoms with E-state index in [2.05, 4.69) is 15.0 Å². The number of rotatable bonds is 4. The van der Waals surface area contributed by atoms with Crippen LogP contribution in [0, 0.1) is 0 Å². The van der Waals surface area contributed by atoms with Gasteiger partial charge in [-0.15, -0.1) is 0 Å². The van der Waals surface area contributed by atoms with Gasteiger partial charge in [-0.25, -0.2) is 0 Å². The first-order chi connectivity index (χ1) is 8.70. The molecule has 0 aliphatic heterocycles. The van der Waals surface area contributed by atoms with E-state index in [4.69, 9.17) is 0 Å². The molecular weight excluding hydrogens is 232 g/mol. The molecule has 2 rings (SSSR count). The molecule has 0 saturated carbocycles. The predicted octanol–water partition coefficient (Wildman–Crippen LogP) is 1.35. The molecule has 5 nitrogen and oxygen atoms in total. The number of nitrogens with one attached hydrogen (secondary N) is 2. The normalized spacial score (nSPS) is 10.3. The van der Waals surface area contributed by atoms with Crippen LogP contribution in [-0.2, 0) is 20.9 Å². The number of benzene rings is 1. The molecule has 94 valence electrons. The van der Waals surface area contributed by atoms with E-state index in [0.717, 1.165) is 16.5 Å². The van der Waals surface area contributed by atoms with Gasteiger partial charge in [0.2, 0.25) is 5.91 Å². The van der Waals surface area contributed by atoms with E-state index in [9.17, 15) is 9.59 Å². The number of carbonyl (C=O) groups is 2. The summed E-state index contributed by atoms with van der Waals surface area (Å²) in [7, 11) is 1.26. The largest absolute Gasteiger partial charge is 0.469 e. The zero-order valence-electron chi connectivity index (χ0n) is 10.0. The molecule has 5 heteroatoms. The minimum absolute atomic E-state index is 0.251. The Morgan fingerprint density at radius 3 is 2.89 bits per heavy atom. The van der Waals surface area contributed by atoms with Gasteiger partial charge in [0.05, 0.1) is 7.11 Å². The van der Waals surface area contributed by atoms with Crippen LogP contribution in [0.15, 0.2) is 30.5 Å². The first-order valence-corrected chi connectivity index (χ1v) is 5.59. The molecule has 1 amide bonds. The number of aromatic amines is 1. The van der Waals surface area contributed by atoms with Crippen molar-refractivity contribution in [3.8, 4) is 0 Å². The number of methoxy groups -OCH3 is 1.